The largest absolute Gasteiger partial charge is 0.448 e. The van der Waals surface area contributed by atoms with Crippen molar-refractivity contribution in [2.24, 2.45) is 5.92 Å². The van der Waals surface area contributed by atoms with E-state index in [-0.39, 0.29) is 23.9 Å². The van der Waals surface area contributed by atoms with Crippen molar-refractivity contribution in [1.29, 1.82) is 0 Å². The van der Waals surface area contributed by atoms with Crippen LogP contribution in [0.4, 0.5) is 0 Å². The maximum absolute atomic E-state index is 13.0. The molecule has 0 saturated carbocycles. The number of benzene rings is 1. The Morgan fingerprint density at radius 1 is 1.19 bits per heavy atom. The smallest absolute Gasteiger partial charge is 0.253 e. The highest BCUT2D eigenvalue weighted by atomic mass is 79.9. The Labute approximate surface area is 189 Å². The lowest BCUT2D eigenvalue weighted by molar-refractivity contribution is -0.136. The van der Waals surface area contributed by atoms with Crippen LogP contribution in [0, 0.1) is 26.7 Å². The van der Waals surface area contributed by atoms with Gasteiger partial charge < -0.3 is 24.5 Å². The van der Waals surface area contributed by atoms with Gasteiger partial charge in [0.2, 0.25) is 0 Å². The zero-order valence-electron chi connectivity index (χ0n) is 18.2. The molecule has 1 aromatic carbocycles. The molecule has 1 aromatic heterocycles. The van der Waals surface area contributed by atoms with Gasteiger partial charge in [-0.2, -0.15) is 0 Å². The standard InChI is InChI=1S/C23H27BrN2O5/c1-12-9-13(2)26-22(28)17(12)11-25-21(27)16-10-18(24)20-19(14(16)3)30-23(4,31-20)15-5-7-29-8-6-15/h9-10,15H,5-8,11H2,1-4H3,(H,25,27)(H,26,28). The normalized spacial score (nSPS) is 20.7. The molecule has 0 radical (unpaired) electrons. The molecule has 1 fully saturated rings. The number of hydrogen-bond donors (Lipinski definition) is 2. The van der Waals surface area contributed by atoms with Crippen LogP contribution in [0.3, 0.4) is 0 Å². The molecule has 8 heteroatoms. The van der Waals surface area contributed by atoms with E-state index in [1.54, 1.807) is 6.07 Å². The highest BCUT2D eigenvalue weighted by molar-refractivity contribution is 9.10. The molecule has 1 saturated heterocycles. The first-order chi connectivity index (χ1) is 14.7. The number of rotatable bonds is 4. The van der Waals surface area contributed by atoms with E-state index in [2.05, 4.69) is 26.2 Å². The predicted octanol–water partition coefficient (Wildman–Crippen LogP) is 3.91. The van der Waals surface area contributed by atoms with E-state index in [0.29, 0.717) is 45.9 Å². The number of halogens is 1. The van der Waals surface area contributed by atoms with Crippen molar-refractivity contribution in [3.63, 3.8) is 0 Å². The number of carbonyl (C=O) groups is 1. The third-order valence-electron chi connectivity index (χ3n) is 6.18. The van der Waals surface area contributed by atoms with E-state index in [4.69, 9.17) is 14.2 Å². The highest BCUT2D eigenvalue weighted by Gasteiger charge is 2.46. The zero-order chi connectivity index (χ0) is 22.3. The van der Waals surface area contributed by atoms with Crippen LogP contribution in [0.1, 0.15) is 52.5 Å². The lowest BCUT2D eigenvalue weighted by Gasteiger charge is -2.34. The summed E-state index contributed by atoms with van der Waals surface area (Å²) in [6, 6.07) is 3.64. The number of hydrogen-bond acceptors (Lipinski definition) is 5. The molecule has 1 amide bonds. The topological polar surface area (TPSA) is 89.7 Å². The average molecular weight is 491 g/mol. The third kappa shape index (κ3) is 4.11. The van der Waals surface area contributed by atoms with E-state index in [9.17, 15) is 9.59 Å². The summed E-state index contributed by atoms with van der Waals surface area (Å²) in [5, 5.41) is 2.87. The summed E-state index contributed by atoms with van der Waals surface area (Å²) in [4.78, 5) is 28.0. The first-order valence-corrected chi connectivity index (χ1v) is 11.3. The molecule has 2 aromatic rings. The number of aromatic nitrogens is 1. The van der Waals surface area contributed by atoms with Gasteiger partial charge >= 0.3 is 0 Å². The predicted molar refractivity (Wildman–Crippen MR) is 120 cm³/mol. The number of pyridine rings is 1. The molecule has 166 valence electrons. The zero-order valence-corrected chi connectivity index (χ0v) is 19.8. The molecule has 2 N–H and O–H groups in total. The van der Waals surface area contributed by atoms with Crippen LogP contribution in [-0.4, -0.2) is 29.9 Å². The Bertz CT molecular complexity index is 1090. The third-order valence-corrected chi connectivity index (χ3v) is 6.76. The van der Waals surface area contributed by atoms with Crippen LogP contribution in [0.15, 0.2) is 21.4 Å². The van der Waals surface area contributed by atoms with E-state index < -0.39 is 5.79 Å². The molecule has 2 aliphatic rings. The Morgan fingerprint density at radius 3 is 2.55 bits per heavy atom. The molecule has 1 atom stereocenters. The number of aryl methyl sites for hydroxylation is 2. The second kappa shape index (κ2) is 8.31. The first-order valence-electron chi connectivity index (χ1n) is 10.5. The van der Waals surface area contributed by atoms with E-state index >= 15 is 0 Å². The van der Waals surface area contributed by atoms with Gasteiger partial charge in [-0.05, 0) is 67.2 Å². The van der Waals surface area contributed by atoms with Gasteiger partial charge in [0.15, 0.2) is 11.5 Å². The summed E-state index contributed by atoms with van der Waals surface area (Å²) in [6.45, 7) is 9.01. The molecule has 4 rings (SSSR count). The van der Waals surface area contributed by atoms with Crippen LogP contribution >= 0.6 is 15.9 Å². The van der Waals surface area contributed by atoms with Crippen LogP contribution in [0.2, 0.25) is 0 Å². The van der Waals surface area contributed by atoms with Crippen LogP contribution < -0.4 is 20.3 Å². The van der Waals surface area contributed by atoms with Crippen molar-refractivity contribution in [2.75, 3.05) is 13.2 Å². The number of aromatic amines is 1. The van der Waals surface area contributed by atoms with Crippen LogP contribution in [0.5, 0.6) is 11.5 Å². The van der Waals surface area contributed by atoms with Crippen molar-refractivity contribution < 1.29 is 19.0 Å². The Hall–Kier alpha value is -2.32. The fourth-order valence-corrected chi connectivity index (χ4v) is 4.83. The van der Waals surface area contributed by atoms with Gasteiger partial charge in [-0.3, -0.25) is 9.59 Å². The summed E-state index contributed by atoms with van der Waals surface area (Å²) in [6.07, 6.45) is 1.72. The number of ether oxygens (including phenoxy) is 3. The number of H-pyrrole nitrogens is 1. The molecular formula is C23H27BrN2O5. The van der Waals surface area contributed by atoms with E-state index in [0.717, 1.165) is 24.1 Å². The van der Waals surface area contributed by atoms with Gasteiger partial charge in [0, 0.05) is 55.0 Å². The maximum Gasteiger partial charge on any atom is 0.253 e. The summed E-state index contributed by atoms with van der Waals surface area (Å²) >= 11 is 3.54. The lowest BCUT2D eigenvalue weighted by atomic mass is 9.92. The molecule has 31 heavy (non-hydrogen) atoms. The van der Waals surface area contributed by atoms with Crippen molar-refractivity contribution in [2.45, 2.75) is 52.9 Å². The molecular weight excluding hydrogens is 464 g/mol. The van der Waals surface area contributed by atoms with Crippen LogP contribution in [-0.2, 0) is 11.3 Å². The first kappa shape index (κ1) is 21.9. The number of amides is 1. The number of fused-ring (bicyclic) bond motifs is 1. The van der Waals surface area contributed by atoms with Crippen molar-refractivity contribution >= 4 is 21.8 Å². The molecule has 1 unspecified atom stereocenters. The van der Waals surface area contributed by atoms with Crippen LogP contribution in [0.25, 0.3) is 0 Å². The Kier molecular flexibility index (Phi) is 5.87. The Balaban J connectivity index is 1.56. The minimum atomic E-state index is -0.791. The molecule has 0 aliphatic carbocycles. The molecule has 0 bridgehead atoms. The van der Waals surface area contributed by atoms with Gasteiger partial charge in [-0.1, -0.05) is 0 Å². The van der Waals surface area contributed by atoms with Gasteiger partial charge in [0.25, 0.3) is 17.3 Å². The lowest BCUT2D eigenvalue weighted by Crippen LogP contribution is -2.45. The quantitative estimate of drug-likeness (QED) is 0.677. The highest BCUT2D eigenvalue weighted by Crippen LogP contribution is 2.50. The molecule has 2 aliphatic heterocycles. The number of carbonyl (C=O) groups excluding carboxylic acids is 1. The minimum absolute atomic E-state index is 0.144. The summed E-state index contributed by atoms with van der Waals surface area (Å²) in [7, 11) is 0. The molecule has 3 heterocycles. The summed E-state index contributed by atoms with van der Waals surface area (Å²) in [5.74, 6) is 0.338. The van der Waals surface area contributed by atoms with Crippen molar-refractivity contribution in [3.05, 3.63) is 54.9 Å². The summed E-state index contributed by atoms with van der Waals surface area (Å²) in [5.41, 5.74) is 3.18. The van der Waals surface area contributed by atoms with Gasteiger partial charge in [-0.15, -0.1) is 0 Å². The fraction of sp³-hybridized carbons (Fsp3) is 0.478. The molecule has 0 spiro atoms. The van der Waals surface area contributed by atoms with Crippen molar-refractivity contribution in [3.8, 4) is 11.5 Å². The fourth-order valence-electron chi connectivity index (χ4n) is 4.34. The van der Waals surface area contributed by atoms with Gasteiger partial charge in [0.1, 0.15) is 0 Å². The average Bonchev–Trinajstić information content (AvgIpc) is 3.10. The second-order valence-electron chi connectivity index (χ2n) is 8.42. The number of nitrogens with one attached hydrogen (secondary N) is 2. The molecule has 7 nitrogen and oxygen atoms in total. The van der Waals surface area contributed by atoms with E-state index in [1.807, 2.05) is 33.8 Å². The summed E-state index contributed by atoms with van der Waals surface area (Å²) < 4.78 is 18.7. The van der Waals surface area contributed by atoms with E-state index in [1.165, 1.54) is 0 Å². The minimum Gasteiger partial charge on any atom is -0.448 e. The maximum atomic E-state index is 13.0. The Morgan fingerprint density at radius 2 is 1.87 bits per heavy atom. The van der Waals surface area contributed by atoms with Crippen molar-refractivity contribution in [1.82, 2.24) is 10.3 Å². The monoisotopic (exact) mass is 490 g/mol. The van der Waals surface area contributed by atoms with Gasteiger partial charge in [0.05, 0.1) is 4.47 Å². The van der Waals surface area contributed by atoms with Gasteiger partial charge in [-0.25, -0.2) is 0 Å². The SMILES string of the molecule is Cc1cc(C)c(CNC(=O)c2cc(Br)c3c(c2C)OC(C)(C2CCOCC2)O3)c(=O)[nH]1. The second-order valence-corrected chi connectivity index (χ2v) is 9.28.